The van der Waals surface area contributed by atoms with Gasteiger partial charge in [0.1, 0.15) is 0 Å². The maximum absolute atomic E-state index is 13.1. The summed E-state index contributed by atoms with van der Waals surface area (Å²) in [5.74, 6) is -0.678. The van der Waals surface area contributed by atoms with Crippen LogP contribution in [0.4, 0.5) is 5.69 Å². The van der Waals surface area contributed by atoms with Crippen molar-refractivity contribution in [2.75, 3.05) is 18.5 Å². The zero-order valence-electron chi connectivity index (χ0n) is 19.4. The van der Waals surface area contributed by atoms with Crippen LogP contribution in [0.5, 0.6) is 0 Å². The van der Waals surface area contributed by atoms with Crippen LogP contribution in [-0.4, -0.2) is 41.0 Å². The van der Waals surface area contributed by atoms with Crippen molar-refractivity contribution in [2.45, 2.75) is 38.9 Å². The molecule has 3 atom stereocenters. The normalized spacial score (nSPS) is 20.0. The Labute approximate surface area is 199 Å². The minimum Gasteiger partial charge on any atom is -0.459 e. The van der Waals surface area contributed by atoms with Gasteiger partial charge in [0, 0.05) is 49.2 Å². The number of carbonyl (C=O) groups is 2. The summed E-state index contributed by atoms with van der Waals surface area (Å²) in [6, 6.07) is 16.9. The topological polar surface area (TPSA) is 89.8 Å². The summed E-state index contributed by atoms with van der Waals surface area (Å²) in [5, 5.41) is 13.3. The Morgan fingerprint density at radius 1 is 1.12 bits per heavy atom. The fraction of sp³-hybridized carbons (Fsp3) is 0.333. The Hall–Kier alpha value is -3.42. The number of fused-ring (bicyclic) bond motifs is 1. The van der Waals surface area contributed by atoms with Gasteiger partial charge < -0.3 is 19.9 Å². The number of amides is 1. The van der Waals surface area contributed by atoms with E-state index in [1.165, 1.54) is 6.92 Å². The zero-order chi connectivity index (χ0) is 24.1. The molecule has 1 amide bonds. The van der Waals surface area contributed by atoms with E-state index in [9.17, 15) is 14.7 Å². The van der Waals surface area contributed by atoms with Gasteiger partial charge in [-0.15, -0.1) is 0 Å². The monoisotopic (exact) mass is 462 g/mol. The predicted molar refractivity (Wildman–Crippen MR) is 130 cm³/mol. The lowest BCUT2D eigenvalue weighted by Crippen LogP contribution is -2.37. The lowest BCUT2D eigenvalue weighted by molar-refractivity contribution is -0.164. The fourth-order valence-corrected chi connectivity index (χ4v) is 4.57. The Morgan fingerprint density at radius 2 is 1.85 bits per heavy atom. The number of ether oxygens (including phenoxy) is 2. The highest BCUT2D eigenvalue weighted by Gasteiger charge is 2.39. The number of hydrogen-bond acceptors (Lipinski definition) is 5. The smallest absolute Gasteiger partial charge is 0.290 e. The van der Waals surface area contributed by atoms with E-state index in [0.717, 1.165) is 16.5 Å². The van der Waals surface area contributed by atoms with Crippen molar-refractivity contribution in [2.24, 2.45) is 5.92 Å². The first kappa shape index (κ1) is 23.7. The van der Waals surface area contributed by atoms with Crippen molar-refractivity contribution < 1.29 is 24.2 Å². The van der Waals surface area contributed by atoms with E-state index in [-0.39, 0.29) is 36.0 Å². The molecule has 3 aromatic rings. The third-order valence-corrected chi connectivity index (χ3v) is 6.11. The van der Waals surface area contributed by atoms with Crippen molar-refractivity contribution in [1.29, 1.82) is 0 Å². The molecule has 2 heterocycles. The van der Waals surface area contributed by atoms with E-state index < -0.39 is 6.29 Å². The minimum atomic E-state index is -0.664. The Bertz CT molecular complexity index is 1180. The van der Waals surface area contributed by atoms with Crippen molar-refractivity contribution in [1.82, 2.24) is 4.57 Å². The van der Waals surface area contributed by atoms with Gasteiger partial charge >= 0.3 is 0 Å². The average molecular weight is 463 g/mol. The first-order valence-corrected chi connectivity index (χ1v) is 11.6. The van der Waals surface area contributed by atoms with E-state index >= 15 is 0 Å². The van der Waals surface area contributed by atoms with Gasteiger partial charge in [-0.2, -0.15) is 0 Å². The van der Waals surface area contributed by atoms with Gasteiger partial charge in [0.25, 0.3) is 5.91 Å². The quantitative estimate of drug-likeness (QED) is 0.507. The highest BCUT2D eigenvalue weighted by atomic mass is 16.7. The van der Waals surface area contributed by atoms with Crippen LogP contribution < -0.4 is 5.32 Å². The summed E-state index contributed by atoms with van der Waals surface area (Å²) >= 11 is 0. The number of nitrogens with zero attached hydrogens (tertiary/aromatic N) is 1. The van der Waals surface area contributed by atoms with Crippen molar-refractivity contribution in [3.8, 4) is 0 Å². The molecule has 0 unspecified atom stereocenters. The predicted octanol–water partition coefficient (Wildman–Crippen LogP) is 4.69. The number of allylic oxidation sites excluding steroid dienone is 1. The van der Waals surface area contributed by atoms with Crippen LogP contribution in [0.15, 0.2) is 72.6 Å². The fourth-order valence-electron chi connectivity index (χ4n) is 4.57. The molecule has 0 aliphatic carbocycles. The summed E-state index contributed by atoms with van der Waals surface area (Å²) in [6.45, 7) is 3.87. The SMILES string of the molecule is CCO[C@H]1OC(C(=O)Nc2ccccc2)=C[C@@H](c2cn(C(C)=O)c3ccccc23)[C@@H]1CCCO. The summed E-state index contributed by atoms with van der Waals surface area (Å²) in [5.41, 5.74) is 2.40. The lowest BCUT2D eigenvalue weighted by Gasteiger charge is -2.36. The highest BCUT2D eigenvalue weighted by Crippen LogP contribution is 2.42. The molecule has 34 heavy (non-hydrogen) atoms. The molecule has 7 nitrogen and oxygen atoms in total. The third-order valence-electron chi connectivity index (χ3n) is 6.11. The molecular formula is C27H30N2O5. The van der Waals surface area contributed by atoms with E-state index in [4.69, 9.17) is 9.47 Å². The van der Waals surface area contributed by atoms with Crippen LogP contribution in [0.1, 0.15) is 43.0 Å². The molecule has 178 valence electrons. The van der Waals surface area contributed by atoms with Crippen molar-refractivity contribution in [3.63, 3.8) is 0 Å². The van der Waals surface area contributed by atoms with Crippen LogP contribution in [0.2, 0.25) is 0 Å². The molecule has 0 bridgehead atoms. The molecule has 2 aromatic carbocycles. The molecule has 0 spiro atoms. The van der Waals surface area contributed by atoms with Crippen molar-refractivity contribution in [3.05, 3.63) is 78.2 Å². The molecule has 2 N–H and O–H groups in total. The molecule has 1 aromatic heterocycles. The van der Waals surface area contributed by atoms with Crippen LogP contribution in [0, 0.1) is 5.92 Å². The van der Waals surface area contributed by atoms with Gasteiger partial charge in [0.15, 0.2) is 5.76 Å². The number of aromatic nitrogens is 1. The molecule has 7 heteroatoms. The second-order valence-electron chi connectivity index (χ2n) is 8.34. The zero-order valence-corrected chi connectivity index (χ0v) is 19.4. The molecule has 0 saturated carbocycles. The summed E-state index contributed by atoms with van der Waals surface area (Å²) in [4.78, 5) is 25.5. The molecule has 4 rings (SSSR count). The Balaban J connectivity index is 1.80. The number of rotatable bonds is 8. The molecule has 0 radical (unpaired) electrons. The summed E-state index contributed by atoms with van der Waals surface area (Å²) in [6.07, 6.45) is 4.21. The van der Waals surface area contributed by atoms with E-state index in [1.54, 1.807) is 4.57 Å². The van der Waals surface area contributed by atoms with Gasteiger partial charge in [-0.05, 0) is 49.6 Å². The number of carbonyl (C=O) groups excluding carboxylic acids is 2. The average Bonchev–Trinajstić information content (AvgIpc) is 3.23. The first-order chi connectivity index (χ1) is 16.5. The second kappa shape index (κ2) is 10.7. The van der Waals surface area contributed by atoms with Gasteiger partial charge in [-0.3, -0.25) is 14.2 Å². The number of hydrogen-bond donors (Lipinski definition) is 2. The summed E-state index contributed by atoms with van der Waals surface area (Å²) < 4.78 is 13.6. The van der Waals surface area contributed by atoms with E-state index in [2.05, 4.69) is 5.32 Å². The number of para-hydroxylation sites is 2. The minimum absolute atomic E-state index is 0.0440. The molecular weight excluding hydrogens is 432 g/mol. The van der Waals surface area contributed by atoms with Crippen LogP contribution in [-0.2, 0) is 14.3 Å². The van der Waals surface area contributed by atoms with E-state index in [1.807, 2.05) is 73.8 Å². The molecule has 1 aliphatic heterocycles. The number of benzene rings is 2. The number of aliphatic hydroxyl groups is 1. The number of aliphatic hydroxyl groups excluding tert-OH is 1. The third kappa shape index (κ3) is 4.90. The number of nitrogens with one attached hydrogen (secondary N) is 1. The Kier molecular flexibility index (Phi) is 7.45. The van der Waals surface area contributed by atoms with Gasteiger partial charge in [-0.25, -0.2) is 0 Å². The van der Waals surface area contributed by atoms with Crippen LogP contribution in [0.25, 0.3) is 10.9 Å². The lowest BCUT2D eigenvalue weighted by atomic mass is 9.80. The van der Waals surface area contributed by atoms with Gasteiger partial charge in [0.2, 0.25) is 12.2 Å². The summed E-state index contributed by atoms with van der Waals surface area (Å²) in [7, 11) is 0. The molecule has 1 aliphatic rings. The van der Waals surface area contributed by atoms with E-state index in [0.29, 0.717) is 25.1 Å². The largest absolute Gasteiger partial charge is 0.459 e. The van der Waals surface area contributed by atoms with Crippen LogP contribution >= 0.6 is 0 Å². The highest BCUT2D eigenvalue weighted by molar-refractivity contribution is 6.02. The first-order valence-electron chi connectivity index (χ1n) is 11.6. The van der Waals surface area contributed by atoms with Gasteiger partial charge in [0.05, 0.1) is 5.52 Å². The second-order valence-corrected chi connectivity index (χ2v) is 8.34. The number of anilines is 1. The van der Waals surface area contributed by atoms with Gasteiger partial charge in [-0.1, -0.05) is 36.4 Å². The Morgan fingerprint density at radius 3 is 2.56 bits per heavy atom. The van der Waals surface area contributed by atoms with Crippen molar-refractivity contribution >= 4 is 28.4 Å². The maximum Gasteiger partial charge on any atom is 0.290 e. The molecule has 0 saturated heterocycles. The van der Waals surface area contributed by atoms with Crippen LogP contribution in [0.3, 0.4) is 0 Å². The standard InChI is InChI=1S/C27H30N2O5/c1-3-33-27-21(13-9-15-30)22(16-25(34-27)26(32)28-19-10-5-4-6-11-19)23-17-29(18(2)31)24-14-8-7-12-20(23)24/h4-8,10-12,14,16-17,21-22,27,30H,3,9,13,15H2,1-2H3,(H,28,32)/t21-,22+,27-/m0/s1. The molecule has 0 fully saturated rings. The maximum atomic E-state index is 13.1.